The predicted molar refractivity (Wildman–Crippen MR) is 97.6 cm³/mol. The van der Waals surface area contributed by atoms with Crippen molar-refractivity contribution >= 4 is 17.6 Å². The van der Waals surface area contributed by atoms with Crippen LogP contribution in [0.5, 0.6) is 5.75 Å². The lowest BCUT2D eigenvalue weighted by Crippen LogP contribution is -1.97. The normalized spacial score (nSPS) is 19.3. The fraction of sp³-hybridized carbons (Fsp3) is 0.550. The lowest BCUT2D eigenvalue weighted by Gasteiger charge is -2.06. The molecule has 1 N–H and O–H groups in total. The number of aliphatic carboxylic acids is 1. The van der Waals surface area contributed by atoms with E-state index in [2.05, 4.69) is 6.58 Å². The van der Waals surface area contributed by atoms with Gasteiger partial charge in [-0.05, 0) is 48.9 Å². The van der Waals surface area contributed by atoms with E-state index in [1.165, 1.54) is 32.1 Å². The molecule has 1 aromatic carbocycles. The first kappa shape index (κ1) is 18.9. The first-order valence-electron chi connectivity index (χ1n) is 8.87. The van der Waals surface area contributed by atoms with E-state index in [-0.39, 0.29) is 12.3 Å². The molecule has 1 saturated carbocycles. The first-order valence-corrected chi connectivity index (χ1v) is 9.24. The van der Waals surface area contributed by atoms with Gasteiger partial charge in [-0.25, -0.2) is 0 Å². The van der Waals surface area contributed by atoms with Crippen LogP contribution in [0.4, 0.5) is 0 Å². The van der Waals surface area contributed by atoms with Gasteiger partial charge in [-0.15, -0.1) is 0 Å². The van der Waals surface area contributed by atoms with E-state index in [1.54, 1.807) is 0 Å². The second-order valence-electron chi connectivity index (χ2n) is 6.60. The highest BCUT2D eigenvalue weighted by Gasteiger charge is 2.42. The van der Waals surface area contributed by atoms with Crippen molar-refractivity contribution in [3.05, 3.63) is 41.4 Å². The van der Waals surface area contributed by atoms with Crippen LogP contribution in [-0.2, 0) is 4.79 Å². The molecule has 0 saturated heterocycles. The van der Waals surface area contributed by atoms with Gasteiger partial charge < -0.3 is 9.84 Å². The lowest BCUT2D eigenvalue weighted by atomic mass is 10.1. The summed E-state index contributed by atoms with van der Waals surface area (Å²) in [6.07, 6.45) is 8.50. The van der Waals surface area contributed by atoms with Crippen molar-refractivity contribution in [1.82, 2.24) is 0 Å². The molecule has 1 aliphatic rings. The number of carboxylic acid groups (broad SMARTS) is 1. The monoisotopic (exact) mass is 350 g/mol. The molecule has 0 spiro atoms. The van der Waals surface area contributed by atoms with Gasteiger partial charge >= 0.3 is 5.97 Å². The van der Waals surface area contributed by atoms with Crippen LogP contribution in [0.15, 0.2) is 36.4 Å². The maximum Gasteiger partial charge on any atom is 0.303 e. The van der Waals surface area contributed by atoms with E-state index in [0.29, 0.717) is 5.92 Å². The van der Waals surface area contributed by atoms with Gasteiger partial charge in [0.2, 0.25) is 0 Å². The second-order valence-corrected chi connectivity index (χ2v) is 7.03. The molecule has 1 aliphatic carbocycles. The van der Waals surface area contributed by atoms with Crippen molar-refractivity contribution in [1.29, 1.82) is 0 Å². The number of allylic oxidation sites excluding steroid dienone is 1. The Hall–Kier alpha value is -1.48. The summed E-state index contributed by atoms with van der Waals surface area (Å²) in [4.78, 5) is 10.7. The summed E-state index contributed by atoms with van der Waals surface area (Å²) in [5.74, 6) is 0.880. The number of hydrogen-bond acceptors (Lipinski definition) is 2. The van der Waals surface area contributed by atoms with Gasteiger partial charge in [0.1, 0.15) is 5.75 Å². The largest absolute Gasteiger partial charge is 0.494 e. The van der Waals surface area contributed by atoms with Gasteiger partial charge in [0, 0.05) is 5.02 Å². The van der Waals surface area contributed by atoms with Gasteiger partial charge in [0.25, 0.3) is 0 Å². The van der Waals surface area contributed by atoms with Crippen LogP contribution in [0.25, 0.3) is 0 Å². The minimum absolute atomic E-state index is 0.243. The summed E-state index contributed by atoms with van der Waals surface area (Å²) in [7, 11) is 0. The summed E-state index contributed by atoms with van der Waals surface area (Å²) in [6, 6.07) is 7.47. The third kappa shape index (κ3) is 6.56. The molecule has 0 bridgehead atoms. The highest BCUT2D eigenvalue weighted by Crippen LogP contribution is 2.49. The number of carboxylic acids is 1. The van der Waals surface area contributed by atoms with Crippen LogP contribution >= 0.6 is 11.6 Å². The molecule has 2 rings (SSSR count). The lowest BCUT2D eigenvalue weighted by molar-refractivity contribution is -0.137. The first-order chi connectivity index (χ1) is 11.6. The Labute approximate surface area is 149 Å². The Morgan fingerprint density at radius 3 is 2.33 bits per heavy atom. The van der Waals surface area contributed by atoms with E-state index in [9.17, 15) is 4.79 Å². The zero-order valence-electron chi connectivity index (χ0n) is 14.2. The topological polar surface area (TPSA) is 46.5 Å². The average Bonchev–Trinajstić information content (AvgIpc) is 3.15. The van der Waals surface area contributed by atoms with Gasteiger partial charge in [-0.2, -0.15) is 0 Å². The summed E-state index contributed by atoms with van der Waals surface area (Å²) in [6.45, 7) is 4.73. The number of benzene rings is 1. The molecular formula is C20H27ClO3. The van der Waals surface area contributed by atoms with Gasteiger partial charge in [0.15, 0.2) is 0 Å². The predicted octanol–water partition coefficient (Wildman–Crippen LogP) is 5.73. The average molecular weight is 351 g/mol. The minimum atomic E-state index is -0.704. The molecule has 1 fully saturated rings. The highest BCUT2D eigenvalue weighted by atomic mass is 35.5. The number of carbonyl (C=O) groups is 1. The van der Waals surface area contributed by atoms with E-state index in [0.717, 1.165) is 35.8 Å². The van der Waals surface area contributed by atoms with Crippen LogP contribution in [-0.4, -0.2) is 17.7 Å². The van der Waals surface area contributed by atoms with Gasteiger partial charge in [-0.1, -0.05) is 55.9 Å². The molecule has 0 heterocycles. The molecule has 2 atom stereocenters. The van der Waals surface area contributed by atoms with E-state index in [4.69, 9.17) is 21.4 Å². The molecule has 24 heavy (non-hydrogen) atoms. The van der Waals surface area contributed by atoms with Crippen LogP contribution in [0.2, 0.25) is 5.02 Å². The second kappa shape index (κ2) is 9.73. The van der Waals surface area contributed by atoms with Crippen molar-refractivity contribution in [2.75, 3.05) is 6.61 Å². The molecule has 0 unspecified atom stereocenters. The third-order valence-electron chi connectivity index (χ3n) is 4.72. The smallest absolute Gasteiger partial charge is 0.303 e. The standard InChI is InChI=1S/C20H27ClO3/c1-15-18(19(15)14-20(22)23)8-6-4-2-3-5-7-13-24-17-11-9-16(21)10-12-17/h9-12,18-19H,1-8,13-14H2,(H,22,23)/t18-,19+/m0/s1. The zero-order chi connectivity index (χ0) is 17.4. The molecule has 4 heteroatoms. The minimum Gasteiger partial charge on any atom is -0.494 e. The molecular weight excluding hydrogens is 324 g/mol. The van der Waals surface area contributed by atoms with Crippen molar-refractivity contribution in [3.8, 4) is 5.75 Å². The Balaban J connectivity index is 1.40. The summed E-state index contributed by atoms with van der Waals surface area (Å²) in [5, 5.41) is 9.53. The molecule has 0 aromatic heterocycles. The number of rotatable bonds is 12. The van der Waals surface area contributed by atoms with Crippen molar-refractivity contribution in [3.63, 3.8) is 0 Å². The molecule has 1 aromatic rings. The number of unbranched alkanes of at least 4 members (excludes halogenated alkanes) is 5. The van der Waals surface area contributed by atoms with E-state index < -0.39 is 5.97 Å². The van der Waals surface area contributed by atoms with Crippen molar-refractivity contribution < 1.29 is 14.6 Å². The number of halogens is 1. The quantitative estimate of drug-likeness (QED) is 0.387. The fourth-order valence-electron chi connectivity index (χ4n) is 3.19. The maximum atomic E-state index is 10.7. The molecule has 3 nitrogen and oxygen atoms in total. The van der Waals surface area contributed by atoms with Crippen molar-refractivity contribution in [2.24, 2.45) is 11.8 Å². The van der Waals surface area contributed by atoms with E-state index in [1.807, 2.05) is 24.3 Å². The van der Waals surface area contributed by atoms with Crippen molar-refractivity contribution in [2.45, 2.75) is 51.4 Å². The number of ether oxygens (including phenoxy) is 1. The Kier molecular flexibility index (Phi) is 7.64. The summed E-state index contributed by atoms with van der Waals surface area (Å²) < 4.78 is 5.67. The molecule has 0 aliphatic heterocycles. The Morgan fingerprint density at radius 1 is 1.04 bits per heavy atom. The zero-order valence-corrected chi connectivity index (χ0v) is 14.9. The fourth-order valence-corrected chi connectivity index (χ4v) is 3.31. The Morgan fingerprint density at radius 2 is 1.67 bits per heavy atom. The van der Waals surface area contributed by atoms with Crippen LogP contribution < -0.4 is 4.74 Å². The Bertz CT molecular complexity index is 538. The molecule has 132 valence electrons. The number of hydrogen-bond donors (Lipinski definition) is 1. The summed E-state index contributed by atoms with van der Waals surface area (Å²) >= 11 is 5.83. The van der Waals surface area contributed by atoms with Crippen LogP contribution in [0, 0.1) is 11.8 Å². The van der Waals surface area contributed by atoms with Crippen LogP contribution in [0.1, 0.15) is 51.4 Å². The molecule has 0 radical (unpaired) electrons. The SMILES string of the molecule is C=C1[C@@H](CC(=O)O)[C@H]1CCCCCCCCOc1ccc(Cl)cc1. The van der Waals surface area contributed by atoms with Gasteiger partial charge in [-0.3, -0.25) is 4.79 Å². The van der Waals surface area contributed by atoms with Gasteiger partial charge in [0.05, 0.1) is 13.0 Å². The summed E-state index contributed by atoms with van der Waals surface area (Å²) in [5.41, 5.74) is 1.15. The maximum absolute atomic E-state index is 10.7. The van der Waals surface area contributed by atoms with E-state index >= 15 is 0 Å². The third-order valence-corrected chi connectivity index (χ3v) is 4.97. The van der Waals surface area contributed by atoms with Crippen LogP contribution in [0.3, 0.4) is 0 Å². The highest BCUT2D eigenvalue weighted by molar-refractivity contribution is 6.30. The molecule has 0 amide bonds.